The van der Waals surface area contributed by atoms with Gasteiger partial charge in [-0.1, -0.05) is 23.7 Å². The Labute approximate surface area is 152 Å². The molecule has 0 atom stereocenters. The number of amides is 2. The normalized spacial score (nSPS) is 14.8. The summed E-state index contributed by atoms with van der Waals surface area (Å²) in [6, 6.07) is 16.8. The van der Waals surface area contributed by atoms with Gasteiger partial charge in [-0.2, -0.15) is 5.26 Å². The van der Waals surface area contributed by atoms with Crippen molar-refractivity contribution in [1.29, 1.82) is 5.26 Å². The number of nitriles is 1. The van der Waals surface area contributed by atoms with Crippen LogP contribution in [0.4, 0.5) is 10.5 Å². The highest BCUT2D eigenvalue weighted by Gasteiger charge is 2.21. The number of carbonyl (C=O) groups is 1. The Morgan fingerprint density at radius 1 is 1.04 bits per heavy atom. The first-order valence-corrected chi connectivity index (χ1v) is 8.55. The second kappa shape index (κ2) is 8.02. The van der Waals surface area contributed by atoms with E-state index in [1.54, 1.807) is 24.3 Å². The Bertz CT molecular complexity index is 760. The summed E-state index contributed by atoms with van der Waals surface area (Å²) in [5, 5.41) is 12.4. The zero-order valence-corrected chi connectivity index (χ0v) is 14.5. The van der Waals surface area contributed by atoms with Crippen LogP contribution in [0.15, 0.2) is 48.5 Å². The zero-order chi connectivity index (χ0) is 17.6. The molecule has 1 saturated heterocycles. The minimum absolute atomic E-state index is 0.0830. The van der Waals surface area contributed by atoms with Gasteiger partial charge < -0.3 is 10.2 Å². The molecule has 0 spiro atoms. The molecule has 2 aromatic carbocycles. The predicted octanol–water partition coefficient (Wildman–Crippen LogP) is 3.56. The van der Waals surface area contributed by atoms with Crippen molar-refractivity contribution < 1.29 is 4.79 Å². The smallest absolute Gasteiger partial charge is 0.321 e. The summed E-state index contributed by atoms with van der Waals surface area (Å²) in [6.07, 6.45) is 0. The van der Waals surface area contributed by atoms with Gasteiger partial charge in [0.2, 0.25) is 0 Å². The van der Waals surface area contributed by atoms with Crippen LogP contribution in [0.25, 0.3) is 0 Å². The third-order valence-corrected chi connectivity index (χ3v) is 4.50. The molecule has 0 aromatic heterocycles. The number of carbonyl (C=O) groups excluding carboxylic acids is 1. The summed E-state index contributed by atoms with van der Waals surface area (Å²) >= 11 is 5.85. The van der Waals surface area contributed by atoms with E-state index in [4.69, 9.17) is 16.9 Å². The molecule has 1 fully saturated rings. The van der Waals surface area contributed by atoms with Gasteiger partial charge in [-0.15, -0.1) is 0 Å². The molecule has 1 aliphatic rings. The fraction of sp³-hybridized carbons (Fsp3) is 0.263. The average Bonchev–Trinajstić information content (AvgIpc) is 2.65. The molecule has 1 aliphatic heterocycles. The maximum atomic E-state index is 12.3. The number of nitrogens with one attached hydrogen (secondary N) is 1. The quantitative estimate of drug-likeness (QED) is 0.916. The van der Waals surface area contributed by atoms with E-state index >= 15 is 0 Å². The molecule has 2 aromatic rings. The fourth-order valence-corrected chi connectivity index (χ4v) is 2.91. The highest BCUT2D eigenvalue weighted by Crippen LogP contribution is 2.15. The molecule has 25 heavy (non-hydrogen) atoms. The molecular formula is C19H19ClN4O. The number of hydrogen-bond acceptors (Lipinski definition) is 3. The van der Waals surface area contributed by atoms with Crippen molar-refractivity contribution in [3.63, 3.8) is 0 Å². The standard InChI is InChI=1S/C19H19ClN4O/c20-17-5-7-18(8-6-17)22-19(25)24-11-9-23(10-12-24)14-16-3-1-15(13-21)2-4-16/h1-8H,9-12,14H2,(H,22,25). The molecule has 1 N–H and O–H groups in total. The van der Waals surface area contributed by atoms with Crippen molar-refractivity contribution in [2.24, 2.45) is 0 Å². The van der Waals surface area contributed by atoms with Crippen molar-refractivity contribution in [2.75, 3.05) is 31.5 Å². The van der Waals surface area contributed by atoms with E-state index in [0.29, 0.717) is 23.7 Å². The fourth-order valence-electron chi connectivity index (χ4n) is 2.79. The summed E-state index contributed by atoms with van der Waals surface area (Å²) in [5.74, 6) is 0. The topological polar surface area (TPSA) is 59.4 Å². The van der Waals surface area contributed by atoms with Crippen molar-refractivity contribution in [3.8, 4) is 6.07 Å². The van der Waals surface area contributed by atoms with Gasteiger partial charge in [0.25, 0.3) is 0 Å². The van der Waals surface area contributed by atoms with Crippen LogP contribution >= 0.6 is 11.6 Å². The molecule has 5 nitrogen and oxygen atoms in total. The molecular weight excluding hydrogens is 336 g/mol. The van der Waals surface area contributed by atoms with Crippen LogP contribution in [0.1, 0.15) is 11.1 Å². The van der Waals surface area contributed by atoms with Crippen molar-refractivity contribution >= 4 is 23.3 Å². The highest BCUT2D eigenvalue weighted by molar-refractivity contribution is 6.30. The maximum Gasteiger partial charge on any atom is 0.321 e. The maximum absolute atomic E-state index is 12.3. The molecule has 1 heterocycles. The number of nitrogens with zero attached hydrogens (tertiary/aromatic N) is 3. The molecule has 3 rings (SSSR count). The number of anilines is 1. The summed E-state index contributed by atoms with van der Waals surface area (Å²) in [7, 11) is 0. The van der Waals surface area contributed by atoms with E-state index < -0.39 is 0 Å². The third kappa shape index (κ3) is 4.72. The lowest BCUT2D eigenvalue weighted by molar-refractivity contribution is 0.143. The van der Waals surface area contributed by atoms with Gasteiger partial charge in [0, 0.05) is 43.4 Å². The third-order valence-electron chi connectivity index (χ3n) is 4.24. The lowest BCUT2D eigenvalue weighted by atomic mass is 10.1. The van der Waals surface area contributed by atoms with E-state index in [9.17, 15) is 4.79 Å². The molecule has 0 radical (unpaired) electrons. The number of benzene rings is 2. The van der Waals surface area contributed by atoms with E-state index in [1.165, 1.54) is 5.56 Å². The Kier molecular flexibility index (Phi) is 5.54. The number of halogens is 1. The molecule has 0 aliphatic carbocycles. The van der Waals surface area contributed by atoms with Crippen LogP contribution in [0.5, 0.6) is 0 Å². The highest BCUT2D eigenvalue weighted by atomic mass is 35.5. The largest absolute Gasteiger partial charge is 0.322 e. The second-order valence-electron chi connectivity index (χ2n) is 6.01. The van der Waals surface area contributed by atoms with Gasteiger partial charge in [-0.25, -0.2) is 4.79 Å². The molecule has 0 bridgehead atoms. The minimum atomic E-state index is -0.0830. The monoisotopic (exact) mass is 354 g/mol. The van der Waals surface area contributed by atoms with Gasteiger partial charge in [0.05, 0.1) is 11.6 Å². The Morgan fingerprint density at radius 3 is 2.28 bits per heavy atom. The van der Waals surface area contributed by atoms with Crippen LogP contribution < -0.4 is 5.32 Å². The minimum Gasteiger partial charge on any atom is -0.322 e. The number of rotatable bonds is 3. The van der Waals surface area contributed by atoms with E-state index in [1.807, 2.05) is 29.2 Å². The molecule has 2 amide bonds. The summed E-state index contributed by atoms with van der Waals surface area (Å²) in [6.45, 7) is 3.87. The molecule has 0 saturated carbocycles. The first-order valence-electron chi connectivity index (χ1n) is 8.17. The lowest BCUT2D eigenvalue weighted by Gasteiger charge is -2.34. The zero-order valence-electron chi connectivity index (χ0n) is 13.8. The Balaban J connectivity index is 1.48. The van der Waals surface area contributed by atoms with Crippen LogP contribution in [0.2, 0.25) is 5.02 Å². The SMILES string of the molecule is N#Cc1ccc(CN2CCN(C(=O)Nc3ccc(Cl)cc3)CC2)cc1. The molecule has 0 unspecified atom stereocenters. The number of hydrogen-bond donors (Lipinski definition) is 1. The molecule has 6 heteroatoms. The second-order valence-corrected chi connectivity index (χ2v) is 6.45. The van der Waals surface area contributed by atoms with Crippen molar-refractivity contribution in [2.45, 2.75) is 6.54 Å². The predicted molar refractivity (Wildman–Crippen MR) is 98.5 cm³/mol. The van der Waals surface area contributed by atoms with E-state index in [-0.39, 0.29) is 6.03 Å². The molecule has 128 valence electrons. The number of urea groups is 1. The number of piperazine rings is 1. The van der Waals surface area contributed by atoms with Crippen LogP contribution in [0, 0.1) is 11.3 Å². The van der Waals surface area contributed by atoms with Crippen molar-refractivity contribution in [1.82, 2.24) is 9.80 Å². The summed E-state index contributed by atoms with van der Waals surface area (Å²) in [4.78, 5) is 16.5. The summed E-state index contributed by atoms with van der Waals surface area (Å²) in [5.41, 5.74) is 2.60. The van der Waals surface area contributed by atoms with E-state index in [2.05, 4.69) is 16.3 Å². The van der Waals surface area contributed by atoms with Crippen LogP contribution in [-0.2, 0) is 6.54 Å². The van der Waals surface area contributed by atoms with E-state index in [0.717, 1.165) is 25.3 Å². The van der Waals surface area contributed by atoms with Gasteiger partial charge in [0.15, 0.2) is 0 Å². The first kappa shape index (κ1) is 17.3. The van der Waals surface area contributed by atoms with Crippen LogP contribution in [-0.4, -0.2) is 42.0 Å². The van der Waals surface area contributed by atoms with Gasteiger partial charge in [0.1, 0.15) is 0 Å². The van der Waals surface area contributed by atoms with Gasteiger partial charge in [-0.05, 0) is 42.0 Å². The average molecular weight is 355 g/mol. The Hall–Kier alpha value is -2.55. The lowest BCUT2D eigenvalue weighted by Crippen LogP contribution is -2.49. The van der Waals surface area contributed by atoms with Gasteiger partial charge in [-0.3, -0.25) is 4.90 Å². The van der Waals surface area contributed by atoms with Crippen LogP contribution in [0.3, 0.4) is 0 Å². The Morgan fingerprint density at radius 2 is 1.68 bits per heavy atom. The van der Waals surface area contributed by atoms with Gasteiger partial charge >= 0.3 is 6.03 Å². The first-order chi connectivity index (χ1) is 12.1. The van der Waals surface area contributed by atoms with Crippen molar-refractivity contribution in [3.05, 3.63) is 64.7 Å². The summed E-state index contributed by atoms with van der Waals surface area (Å²) < 4.78 is 0.